The summed E-state index contributed by atoms with van der Waals surface area (Å²) >= 11 is 6.01. The van der Waals surface area contributed by atoms with Gasteiger partial charge in [0.25, 0.3) is 0 Å². The van der Waals surface area contributed by atoms with Crippen molar-refractivity contribution in [1.82, 2.24) is 15.0 Å². The molecule has 0 aliphatic carbocycles. The Morgan fingerprint density at radius 1 is 0.921 bits per heavy atom. The number of hydrogen-bond donors (Lipinski definition) is 4. The largest absolute Gasteiger partial charge is 0.481 e. The van der Waals surface area contributed by atoms with E-state index in [0.717, 1.165) is 43.5 Å². The molecule has 2 atom stereocenters. The number of carboxylic acid groups (broad SMARTS) is 2. The van der Waals surface area contributed by atoms with Crippen molar-refractivity contribution in [3.05, 3.63) is 70.7 Å². The summed E-state index contributed by atoms with van der Waals surface area (Å²) in [6.07, 6.45) is 3.32. The Bertz CT molecular complexity index is 1220. The number of rotatable bonds is 12. The van der Waals surface area contributed by atoms with E-state index < -0.39 is 18.0 Å². The summed E-state index contributed by atoms with van der Waals surface area (Å²) in [5.41, 5.74) is 1.69. The Balaban J connectivity index is 1.57. The van der Waals surface area contributed by atoms with Crippen LogP contribution in [0.15, 0.2) is 54.6 Å². The lowest BCUT2D eigenvalue weighted by Crippen LogP contribution is -2.34. The summed E-state index contributed by atoms with van der Waals surface area (Å²) in [5.74, 6) is -1.46. The van der Waals surface area contributed by atoms with Gasteiger partial charge in [0.2, 0.25) is 17.8 Å². The molecule has 2 heterocycles. The lowest BCUT2D eigenvalue weighted by atomic mass is 9.96. The van der Waals surface area contributed by atoms with Crippen LogP contribution < -0.4 is 15.5 Å². The smallest absolute Gasteiger partial charge is 0.326 e. The number of halogens is 1. The summed E-state index contributed by atoms with van der Waals surface area (Å²) in [4.78, 5) is 39.2. The van der Waals surface area contributed by atoms with Gasteiger partial charge in [0.1, 0.15) is 6.04 Å². The highest BCUT2D eigenvalue weighted by atomic mass is 35.5. The molecule has 0 bridgehead atoms. The van der Waals surface area contributed by atoms with E-state index in [1.54, 1.807) is 24.3 Å². The summed E-state index contributed by atoms with van der Waals surface area (Å²) in [7, 11) is 0. The first kappa shape index (κ1) is 27.1. The molecule has 4 rings (SSSR count). The summed E-state index contributed by atoms with van der Waals surface area (Å²) in [6, 6.07) is 15.5. The predicted molar refractivity (Wildman–Crippen MR) is 146 cm³/mol. The first-order chi connectivity index (χ1) is 18.4. The molecule has 1 saturated heterocycles. The van der Waals surface area contributed by atoms with Crippen molar-refractivity contribution in [2.24, 2.45) is 0 Å². The number of anilines is 3. The molecule has 1 aliphatic heterocycles. The standard InChI is InChI=1S/C27H31ClN6O4/c28-21-11-9-19(10-12-21)20(16-23(35)36)17-29-25-31-26(33-27(32-25)34-13-5-2-6-14-34)30-22(24(37)38)15-18-7-3-1-4-8-18/h1,3-4,7-12,20,22H,2,5-6,13-17H2,(H,35,36)(H,37,38)(H2,29,30,31,32,33)/t20-,22?/m0/s1. The van der Waals surface area contributed by atoms with Crippen LogP contribution in [0.25, 0.3) is 0 Å². The van der Waals surface area contributed by atoms with Gasteiger partial charge in [0.05, 0.1) is 6.42 Å². The van der Waals surface area contributed by atoms with Gasteiger partial charge in [0.15, 0.2) is 0 Å². The van der Waals surface area contributed by atoms with E-state index >= 15 is 0 Å². The maximum Gasteiger partial charge on any atom is 0.326 e. The molecule has 2 aromatic carbocycles. The number of hydrogen-bond acceptors (Lipinski definition) is 8. The predicted octanol–water partition coefficient (Wildman–Crippen LogP) is 4.29. The third-order valence-electron chi connectivity index (χ3n) is 6.42. The zero-order valence-electron chi connectivity index (χ0n) is 20.9. The van der Waals surface area contributed by atoms with E-state index in [9.17, 15) is 19.8 Å². The third kappa shape index (κ3) is 7.79. The van der Waals surface area contributed by atoms with Gasteiger partial charge in [-0.3, -0.25) is 4.79 Å². The molecule has 1 fully saturated rings. The fourth-order valence-electron chi connectivity index (χ4n) is 4.42. The molecule has 1 unspecified atom stereocenters. The van der Waals surface area contributed by atoms with Crippen LogP contribution in [0, 0.1) is 0 Å². The van der Waals surface area contributed by atoms with E-state index in [-0.39, 0.29) is 37.2 Å². The summed E-state index contributed by atoms with van der Waals surface area (Å²) in [5, 5.41) is 26.0. The first-order valence-electron chi connectivity index (χ1n) is 12.6. The van der Waals surface area contributed by atoms with Crippen LogP contribution in [-0.2, 0) is 16.0 Å². The summed E-state index contributed by atoms with van der Waals surface area (Å²) in [6.45, 7) is 1.84. The van der Waals surface area contributed by atoms with Crippen molar-refractivity contribution in [2.75, 3.05) is 35.2 Å². The molecule has 4 N–H and O–H groups in total. The van der Waals surface area contributed by atoms with Crippen LogP contribution in [0.5, 0.6) is 0 Å². The monoisotopic (exact) mass is 538 g/mol. The van der Waals surface area contributed by atoms with Crippen LogP contribution in [-0.4, -0.2) is 62.8 Å². The van der Waals surface area contributed by atoms with Gasteiger partial charge in [-0.05, 0) is 42.5 Å². The fourth-order valence-corrected chi connectivity index (χ4v) is 4.54. The van der Waals surface area contributed by atoms with Crippen LogP contribution in [0.3, 0.4) is 0 Å². The SMILES string of the molecule is O=C(O)C[C@@H](CNc1nc(NC(Cc2ccccc2)C(=O)O)nc(N2CCCCC2)n1)c1ccc(Cl)cc1. The molecule has 0 saturated carbocycles. The van der Waals surface area contributed by atoms with E-state index in [2.05, 4.69) is 30.5 Å². The van der Waals surface area contributed by atoms with Gasteiger partial charge in [-0.25, -0.2) is 4.79 Å². The third-order valence-corrected chi connectivity index (χ3v) is 6.67. The number of carbonyl (C=O) groups is 2. The normalized spacial score (nSPS) is 14.9. The van der Waals surface area contributed by atoms with E-state index in [4.69, 9.17) is 11.6 Å². The Morgan fingerprint density at radius 3 is 2.26 bits per heavy atom. The lowest BCUT2D eigenvalue weighted by molar-refractivity contribution is -0.138. The van der Waals surface area contributed by atoms with Gasteiger partial charge in [-0.1, -0.05) is 54.1 Å². The van der Waals surface area contributed by atoms with Crippen molar-refractivity contribution >= 4 is 41.4 Å². The zero-order valence-corrected chi connectivity index (χ0v) is 21.6. The number of nitrogens with zero attached hydrogens (tertiary/aromatic N) is 4. The Morgan fingerprint density at radius 2 is 1.61 bits per heavy atom. The number of carboxylic acids is 2. The minimum Gasteiger partial charge on any atom is -0.481 e. The van der Waals surface area contributed by atoms with E-state index in [0.29, 0.717) is 11.0 Å². The highest BCUT2D eigenvalue weighted by molar-refractivity contribution is 6.30. The van der Waals surface area contributed by atoms with Crippen LogP contribution in [0.2, 0.25) is 5.02 Å². The van der Waals surface area contributed by atoms with Crippen molar-refractivity contribution in [3.63, 3.8) is 0 Å². The van der Waals surface area contributed by atoms with Crippen LogP contribution in [0.1, 0.15) is 42.7 Å². The van der Waals surface area contributed by atoms with Crippen molar-refractivity contribution in [1.29, 1.82) is 0 Å². The van der Waals surface area contributed by atoms with Crippen LogP contribution in [0.4, 0.5) is 17.8 Å². The molecule has 0 amide bonds. The molecular formula is C27H31ClN6O4. The highest BCUT2D eigenvalue weighted by Crippen LogP contribution is 2.24. The quantitative estimate of drug-likeness (QED) is 0.264. The molecule has 0 radical (unpaired) electrons. The fraction of sp³-hybridized carbons (Fsp3) is 0.370. The highest BCUT2D eigenvalue weighted by Gasteiger charge is 2.23. The second-order valence-corrected chi connectivity index (χ2v) is 9.72. The Kier molecular flexibility index (Phi) is 9.31. The Hall–Kier alpha value is -3.92. The molecule has 200 valence electrons. The van der Waals surface area contributed by atoms with E-state index in [1.807, 2.05) is 30.3 Å². The molecule has 11 heteroatoms. The first-order valence-corrected chi connectivity index (χ1v) is 13.0. The molecule has 3 aromatic rings. The molecular weight excluding hydrogens is 508 g/mol. The topological polar surface area (TPSA) is 141 Å². The number of nitrogens with one attached hydrogen (secondary N) is 2. The average Bonchev–Trinajstić information content (AvgIpc) is 2.92. The molecule has 1 aromatic heterocycles. The second kappa shape index (κ2) is 13.0. The van der Waals surface area contributed by atoms with Gasteiger partial charge in [0, 0.05) is 37.0 Å². The Labute approximate surface area is 226 Å². The van der Waals surface area contributed by atoms with Crippen LogP contribution >= 0.6 is 11.6 Å². The number of benzene rings is 2. The van der Waals surface area contributed by atoms with Crippen molar-refractivity contribution in [3.8, 4) is 0 Å². The summed E-state index contributed by atoms with van der Waals surface area (Å²) < 4.78 is 0. The molecule has 1 aliphatic rings. The molecule has 38 heavy (non-hydrogen) atoms. The van der Waals surface area contributed by atoms with Gasteiger partial charge in [-0.15, -0.1) is 0 Å². The van der Waals surface area contributed by atoms with E-state index in [1.165, 1.54) is 0 Å². The average molecular weight is 539 g/mol. The molecule has 10 nitrogen and oxygen atoms in total. The van der Waals surface area contributed by atoms with Gasteiger partial charge in [-0.2, -0.15) is 15.0 Å². The maximum atomic E-state index is 12.1. The molecule has 0 spiro atoms. The minimum absolute atomic E-state index is 0.0953. The van der Waals surface area contributed by atoms with Gasteiger partial charge < -0.3 is 25.7 Å². The lowest BCUT2D eigenvalue weighted by Gasteiger charge is -2.27. The number of aromatic nitrogens is 3. The van der Waals surface area contributed by atoms with Gasteiger partial charge >= 0.3 is 11.9 Å². The maximum absolute atomic E-state index is 12.1. The van der Waals surface area contributed by atoms with Crippen molar-refractivity contribution < 1.29 is 19.8 Å². The zero-order chi connectivity index (χ0) is 26.9. The number of aliphatic carboxylic acids is 2. The second-order valence-electron chi connectivity index (χ2n) is 9.28. The number of piperidine rings is 1. The minimum atomic E-state index is -1.02. The van der Waals surface area contributed by atoms with Crippen molar-refractivity contribution in [2.45, 2.75) is 44.1 Å².